The minimum Gasteiger partial charge on any atom is -0.381 e. The molecule has 1 aromatic rings. The van der Waals surface area contributed by atoms with E-state index in [2.05, 4.69) is 28.2 Å². The first-order chi connectivity index (χ1) is 8.36. The normalized spacial score (nSPS) is 15.1. The van der Waals surface area contributed by atoms with E-state index < -0.39 is 9.84 Å². The van der Waals surface area contributed by atoms with Gasteiger partial charge in [-0.2, -0.15) is 0 Å². The van der Waals surface area contributed by atoms with E-state index in [4.69, 9.17) is 0 Å². The van der Waals surface area contributed by atoms with Gasteiger partial charge in [0, 0.05) is 10.9 Å². The predicted molar refractivity (Wildman–Crippen MR) is 80.3 cm³/mol. The van der Waals surface area contributed by atoms with Gasteiger partial charge in [-0.25, -0.2) is 8.42 Å². The summed E-state index contributed by atoms with van der Waals surface area (Å²) < 4.78 is 24.0. The number of hydrogen-bond acceptors (Lipinski definition) is 3. The second-order valence-electron chi connectivity index (χ2n) is 4.46. The Bertz CT molecular complexity index is 486. The maximum absolute atomic E-state index is 12.0. The van der Waals surface area contributed by atoms with Gasteiger partial charge in [0.15, 0.2) is 9.84 Å². The number of sulfone groups is 1. The molecule has 0 heterocycles. The highest BCUT2D eigenvalue weighted by atomic mass is 79.9. The first-order valence-corrected chi connectivity index (χ1v) is 8.66. The van der Waals surface area contributed by atoms with Gasteiger partial charge in [0.05, 0.1) is 16.3 Å². The number of rotatable bonds is 6. The zero-order valence-corrected chi connectivity index (χ0v) is 13.4. The van der Waals surface area contributed by atoms with Gasteiger partial charge in [-0.1, -0.05) is 41.9 Å². The minimum absolute atomic E-state index is 0.120. The number of benzene rings is 1. The van der Waals surface area contributed by atoms with Crippen LogP contribution in [-0.4, -0.2) is 25.0 Å². The number of halogens is 1. The second kappa shape index (κ2) is 6.57. The molecule has 0 aliphatic rings. The van der Waals surface area contributed by atoms with Crippen molar-refractivity contribution in [3.63, 3.8) is 0 Å². The average molecular weight is 334 g/mol. The molecule has 0 aliphatic heterocycles. The maximum Gasteiger partial charge on any atom is 0.180 e. The van der Waals surface area contributed by atoms with Crippen molar-refractivity contribution in [1.82, 2.24) is 0 Å². The highest BCUT2D eigenvalue weighted by Crippen LogP contribution is 2.23. The summed E-state index contributed by atoms with van der Waals surface area (Å²) in [6, 6.07) is 7.29. The Labute approximate surface area is 118 Å². The molecule has 0 aliphatic carbocycles. The fraction of sp³-hybridized carbons (Fsp3) is 0.538. The second-order valence-corrected chi connectivity index (χ2v) is 8.27. The van der Waals surface area contributed by atoms with E-state index in [9.17, 15) is 8.42 Å². The molecule has 0 radical (unpaired) electrons. The van der Waals surface area contributed by atoms with Crippen LogP contribution in [0.4, 0.5) is 5.69 Å². The molecule has 1 N–H and O–H groups in total. The molecule has 0 amide bonds. The van der Waals surface area contributed by atoms with Crippen molar-refractivity contribution in [3.8, 4) is 0 Å². The van der Waals surface area contributed by atoms with Crippen LogP contribution in [-0.2, 0) is 9.84 Å². The quantitative estimate of drug-likeness (QED) is 0.811. The van der Waals surface area contributed by atoms with Gasteiger partial charge in [-0.3, -0.25) is 0 Å². The van der Waals surface area contributed by atoms with Gasteiger partial charge in [-0.15, -0.1) is 0 Å². The third-order valence-corrected chi connectivity index (χ3v) is 4.84. The SMILES string of the molecule is CCS(=O)(=O)c1ccccc1NC(C)CC(C)Br. The molecule has 0 spiro atoms. The molecule has 0 saturated carbocycles. The molecule has 1 aromatic carbocycles. The summed E-state index contributed by atoms with van der Waals surface area (Å²) in [5.41, 5.74) is 0.694. The summed E-state index contributed by atoms with van der Waals surface area (Å²) in [6.45, 7) is 5.79. The number of anilines is 1. The Morgan fingerprint density at radius 2 is 1.89 bits per heavy atom. The third-order valence-electron chi connectivity index (χ3n) is 2.68. The number of alkyl halides is 1. The molecule has 3 nitrogen and oxygen atoms in total. The molecule has 2 atom stereocenters. The fourth-order valence-corrected chi connectivity index (χ4v) is 3.44. The van der Waals surface area contributed by atoms with Crippen molar-refractivity contribution in [2.75, 3.05) is 11.1 Å². The van der Waals surface area contributed by atoms with E-state index in [1.54, 1.807) is 19.1 Å². The van der Waals surface area contributed by atoms with E-state index in [0.29, 0.717) is 15.4 Å². The fourth-order valence-electron chi connectivity index (χ4n) is 1.82. The zero-order valence-electron chi connectivity index (χ0n) is 11.0. The van der Waals surface area contributed by atoms with Crippen LogP contribution in [0.5, 0.6) is 0 Å². The van der Waals surface area contributed by atoms with Crippen molar-refractivity contribution >= 4 is 31.5 Å². The molecule has 0 fully saturated rings. The smallest absolute Gasteiger partial charge is 0.180 e. The minimum atomic E-state index is -3.18. The lowest BCUT2D eigenvalue weighted by atomic mass is 10.2. The van der Waals surface area contributed by atoms with Crippen LogP contribution in [0.1, 0.15) is 27.2 Å². The van der Waals surface area contributed by atoms with E-state index in [-0.39, 0.29) is 11.8 Å². The molecule has 2 unspecified atom stereocenters. The van der Waals surface area contributed by atoms with Crippen LogP contribution in [0.15, 0.2) is 29.2 Å². The van der Waals surface area contributed by atoms with E-state index in [1.165, 1.54) is 0 Å². The lowest BCUT2D eigenvalue weighted by Gasteiger charge is -2.18. The van der Waals surface area contributed by atoms with Crippen molar-refractivity contribution in [3.05, 3.63) is 24.3 Å². The highest BCUT2D eigenvalue weighted by Gasteiger charge is 2.17. The summed E-state index contributed by atoms with van der Waals surface area (Å²) in [5, 5.41) is 3.27. The molecule has 102 valence electrons. The number of hydrogen-bond donors (Lipinski definition) is 1. The van der Waals surface area contributed by atoms with Crippen LogP contribution >= 0.6 is 15.9 Å². The summed E-state index contributed by atoms with van der Waals surface area (Å²) >= 11 is 3.50. The summed E-state index contributed by atoms with van der Waals surface area (Å²) in [4.78, 5) is 0.788. The molecule has 0 bridgehead atoms. The van der Waals surface area contributed by atoms with Crippen molar-refractivity contribution in [2.45, 2.75) is 43.0 Å². The number of para-hydroxylation sites is 1. The topological polar surface area (TPSA) is 46.2 Å². The first kappa shape index (κ1) is 15.5. The Morgan fingerprint density at radius 1 is 1.28 bits per heavy atom. The summed E-state index contributed by atoms with van der Waals surface area (Å²) in [6.07, 6.45) is 0.931. The van der Waals surface area contributed by atoms with Crippen LogP contribution in [0, 0.1) is 0 Å². The predicted octanol–water partition coefficient (Wildman–Crippen LogP) is 3.45. The van der Waals surface area contributed by atoms with Crippen molar-refractivity contribution < 1.29 is 8.42 Å². The third kappa shape index (κ3) is 4.28. The first-order valence-electron chi connectivity index (χ1n) is 6.09. The van der Waals surface area contributed by atoms with Gasteiger partial charge in [-0.05, 0) is 25.5 Å². The molecule has 0 saturated heterocycles. The lowest BCUT2D eigenvalue weighted by molar-refractivity contribution is 0.597. The summed E-state index contributed by atoms with van der Waals surface area (Å²) in [5.74, 6) is 0.120. The number of nitrogens with one attached hydrogen (secondary N) is 1. The zero-order chi connectivity index (χ0) is 13.8. The largest absolute Gasteiger partial charge is 0.381 e. The van der Waals surface area contributed by atoms with E-state index in [0.717, 1.165) is 6.42 Å². The van der Waals surface area contributed by atoms with Gasteiger partial charge in [0.2, 0.25) is 0 Å². The standard InChI is InChI=1S/C13H20BrNO2S/c1-4-18(16,17)13-8-6-5-7-12(13)15-11(3)9-10(2)14/h5-8,10-11,15H,4,9H2,1-3H3. The van der Waals surface area contributed by atoms with Crippen molar-refractivity contribution in [2.24, 2.45) is 0 Å². The molecule has 1 rings (SSSR count). The van der Waals surface area contributed by atoms with Gasteiger partial charge in [0.1, 0.15) is 0 Å². The molecule has 18 heavy (non-hydrogen) atoms. The Balaban J connectivity index is 2.97. The molecular formula is C13H20BrNO2S. The molecular weight excluding hydrogens is 314 g/mol. The van der Waals surface area contributed by atoms with E-state index >= 15 is 0 Å². The van der Waals surface area contributed by atoms with Gasteiger partial charge < -0.3 is 5.32 Å². The molecule has 5 heteroatoms. The van der Waals surface area contributed by atoms with Crippen LogP contribution in [0.25, 0.3) is 0 Å². The average Bonchev–Trinajstić information content (AvgIpc) is 2.28. The van der Waals surface area contributed by atoms with Gasteiger partial charge >= 0.3 is 0 Å². The van der Waals surface area contributed by atoms with Crippen LogP contribution in [0.3, 0.4) is 0 Å². The van der Waals surface area contributed by atoms with Crippen LogP contribution < -0.4 is 5.32 Å². The van der Waals surface area contributed by atoms with E-state index in [1.807, 2.05) is 19.1 Å². The Hall–Kier alpha value is -0.550. The maximum atomic E-state index is 12.0. The highest BCUT2D eigenvalue weighted by molar-refractivity contribution is 9.09. The summed E-state index contributed by atoms with van der Waals surface area (Å²) in [7, 11) is -3.18. The van der Waals surface area contributed by atoms with Crippen LogP contribution in [0.2, 0.25) is 0 Å². The monoisotopic (exact) mass is 333 g/mol. The lowest BCUT2D eigenvalue weighted by Crippen LogP contribution is -2.20. The Morgan fingerprint density at radius 3 is 2.44 bits per heavy atom. The molecule has 0 aromatic heterocycles. The Kier molecular flexibility index (Phi) is 5.66. The van der Waals surface area contributed by atoms with Gasteiger partial charge in [0.25, 0.3) is 0 Å². The van der Waals surface area contributed by atoms with Crippen molar-refractivity contribution in [1.29, 1.82) is 0 Å².